The Hall–Kier alpha value is -0.880. The van der Waals surface area contributed by atoms with E-state index in [1.807, 2.05) is 19.1 Å². The Morgan fingerprint density at radius 3 is 2.16 bits per heavy atom. The van der Waals surface area contributed by atoms with Gasteiger partial charge in [-0.05, 0) is 70.3 Å². The summed E-state index contributed by atoms with van der Waals surface area (Å²) in [5, 5.41) is 11.7. The summed E-state index contributed by atoms with van der Waals surface area (Å²) in [7, 11) is 0. The summed E-state index contributed by atoms with van der Waals surface area (Å²) in [6.45, 7) is 4.98. The van der Waals surface area contributed by atoms with E-state index in [2.05, 4.69) is 37.2 Å². The van der Waals surface area contributed by atoms with Gasteiger partial charge >= 0.3 is 5.97 Å². The number of rotatable bonds is 4. The van der Waals surface area contributed by atoms with E-state index in [1.165, 1.54) is 13.8 Å². The molecule has 6 heteroatoms. The lowest BCUT2D eigenvalue weighted by Gasteiger charge is -2.19. The number of aliphatic carboxylic acids is 1. The van der Waals surface area contributed by atoms with Gasteiger partial charge in [-0.1, -0.05) is 0 Å². The number of benzene rings is 1. The van der Waals surface area contributed by atoms with E-state index in [4.69, 9.17) is 5.11 Å². The molecule has 0 aromatic heterocycles. The van der Waals surface area contributed by atoms with Crippen molar-refractivity contribution in [3.63, 3.8) is 0 Å². The molecule has 0 bridgehead atoms. The first-order chi connectivity index (χ1) is 8.63. The molecule has 0 saturated heterocycles. The Morgan fingerprint density at radius 2 is 1.74 bits per heavy atom. The van der Waals surface area contributed by atoms with Gasteiger partial charge in [0, 0.05) is 15.4 Å². The van der Waals surface area contributed by atoms with Gasteiger partial charge in [-0.2, -0.15) is 0 Å². The molecule has 2 N–H and O–H groups in total. The number of hydrogen-bond donors (Lipinski definition) is 2. The third kappa shape index (κ3) is 4.31. The lowest BCUT2D eigenvalue weighted by molar-refractivity contribution is -0.148. The number of aryl methyl sites for hydroxylation is 1. The minimum absolute atomic E-state index is 0.0882. The largest absolute Gasteiger partial charge is 0.481 e. The van der Waals surface area contributed by atoms with E-state index < -0.39 is 11.4 Å². The van der Waals surface area contributed by atoms with Crippen molar-refractivity contribution >= 4 is 49.4 Å². The minimum Gasteiger partial charge on any atom is -0.481 e. The molecule has 0 aliphatic carbocycles. The maximum Gasteiger partial charge on any atom is 0.309 e. The van der Waals surface area contributed by atoms with Crippen LogP contribution in [0.25, 0.3) is 0 Å². The number of carbonyl (C=O) groups is 2. The predicted molar refractivity (Wildman–Crippen MR) is 81.2 cm³/mol. The van der Waals surface area contributed by atoms with Crippen LogP contribution < -0.4 is 5.32 Å². The van der Waals surface area contributed by atoms with E-state index in [1.54, 1.807) is 0 Å². The van der Waals surface area contributed by atoms with Crippen LogP contribution in [0.15, 0.2) is 21.1 Å². The van der Waals surface area contributed by atoms with Crippen LogP contribution in [0.1, 0.15) is 25.8 Å². The van der Waals surface area contributed by atoms with Gasteiger partial charge in [0.1, 0.15) is 0 Å². The van der Waals surface area contributed by atoms with Crippen molar-refractivity contribution in [2.45, 2.75) is 27.2 Å². The van der Waals surface area contributed by atoms with Crippen LogP contribution in [0, 0.1) is 12.3 Å². The fourth-order valence-electron chi connectivity index (χ4n) is 1.48. The Labute approximate surface area is 128 Å². The third-order valence-electron chi connectivity index (χ3n) is 2.63. The molecule has 0 atom stereocenters. The molecule has 1 aromatic carbocycles. The summed E-state index contributed by atoms with van der Waals surface area (Å²) in [4.78, 5) is 22.9. The second-order valence-corrected chi connectivity index (χ2v) is 6.73. The number of amides is 1. The molecular weight excluding hydrogens is 378 g/mol. The molecule has 0 aliphatic heterocycles. The molecule has 0 radical (unpaired) electrons. The standard InChI is InChI=1S/C13H15Br2NO3/c1-7-4-8(14)11(9(15)5-7)16-10(17)6-13(2,3)12(18)19/h4-5H,6H2,1-3H3,(H,16,17)(H,18,19). The first-order valence-electron chi connectivity index (χ1n) is 5.62. The quantitative estimate of drug-likeness (QED) is 0.814. The monoisotopic (exact) mass is 391 g/mol. The molecule has 0 heterocycles. The summed E-state index contributed by atoms with van der Waals surface area (Å²) in [6, 6.07) is 3.76. The van der Waals surface area contributed by atoms with Crippen molar-refractivity contribution in [2.75, 3.05) is 5.32 Å². The Balaban J connectivity index is 2.87. The summed E-state index contributed by atoms with van der Waals surface area (Å²) < 4.78 is 1.50. The molecule has 1 amide bonds. The highest BCUT2D eigenvalue weighted by molar-refractivity contribution is 9.11. The van der Waals surface area contributed by atoms with Gasteiger partial charge in [0.25, 0.3) is 0 Å². The summed E-state index contributed by atoms with van der Waals surface area (Å²) in [5.41, 5.74) is 0.563. The van der Waals surface area contributed by atoms with Crippen LogP contribution >= 0.6 is 31.9 Å². The van der Waals surface area contributed by atoms with Gasteiger partial charge in [0.05, 0.1) is 11.1 Å². The lowest BCUT2D eigenvalue weighted by Crippen LogP contribution is -2.29. The van der Waals surface area contributed by atoms with E-state index in [0.29, 0.717) is 5.69 Å². The smallest absolute Gasteiger partial charge is 0.309 e. The van der Waals surface area contributed by atoms with Crippen molar-refractivity contribution in [1.29, 1.82) is 0 Å². The Bertz CT molecular complexity index is 504. The highest BCUT2D eigenvalue weighted by Gasteiger charge is 2.30. The van der Waals surface area contributed by atoms with Crippen LogP contribution in [-0.4, -0.2) is 17.0 Å². The minimum atomic E-state index is -1.09. The van der Waals surface area contributed by atoms with Crippen molar-refractivity contribution in [3.05, 3.63) is 26.6 Å². The van der Waals surface area contributed by atoms with Crippen LogP contribution in [0.4, 0.5) is 5.69 Å². The second kappa shape index (κ2) is 6.05. The Kier molecular flexibility index (Phi) is 5.15. The average molecular weight is 393 g/mol. The first kappa shape index (κ1) is 16.2. The molecule has 104 valence electrons. The van der Waals surface area contributed by atoms with Gasteiger partial charge in [0.2, 0.25) is 5.91 Å². The van der Waals surface area contributed by atoms with E-state index >= 15 is 0 Å². The van der Waals surface area contributed by atoms with Gasteiger partial charge in [-0.25, -0.2) is 0 Å². The molecule has 0 unspecified atom stereocenters. The molecule has 0 fully saturated rings. The molecular formula is C13H15Br2NO3. The maximum absolute atomic E-state index is 11.9. The van der Waals surface area contributed by atoms with Crippen LogP contribution in [0.3, 0.4) is 0 Å². The maximum atomic E-state index is 11.9. The zero-order chi connectivity index (χ0) is 14.8. The fourth-order valence-corrected chi connectivity index (χ4v) is 3.09. The first-order valence-corrected chi connectivity index (χ1v) is 7.21. The molecule has 0 saturated carbocycles. The number of carboxylic acid groups (broad SMARTS) is 1. The van der Waals surface area contributed by atoms with Crippen LogP contribution in [0.2, 0.25) is 0 Å². The molecule has 4 nitrogen and oxygen atoms in total. The van der Waals surface area contributed by atoms with E-state index in [9.17, 15) is 9.59 Å². The van der Waals surface area contributed by atoms with Crippen molar-refractivity contribution in [2.24, 2.45) is 5.41 Å². The summed E-state index contributed by atoms with van der Waals surface area (Å²) in [5.74, 6) is -1.33. The Morgan fingerprint density at radius 1 is 1.26 bits per heavy atom. The molecule has 0 aliphatic rings. The topological polar surface area (TPSA) is 66.4 Å². The van der Waals surface area contributed by atoms with E-state index in [-0.39, 0.29) is 12.3 Å². The summed E-state index contributed by atoms with van der Waals surface area (Å²) >= 11 is 6.75. The molecule has 1 aromatic rings. The number of carboxylic acids is 1. The van der Waals surface area contributed by atoms with Crippen LogP contribution in [0.5, 0.6) is 0 Å². The van der Waals surface area contributed by atoms with Crippen molar-refractivity contribution < 1.29 is 14.7 Å². The zero-order valence-electron chi connectivity index (χ0n) is 10.9. The van der Waals surface area contributed by atoms with Crippen molar-refractivity contribution in [1.82, 2.24) is 0 Å². The number of carbonyl (C=O) groups excluding carboxylic acids is 1. The molecule has 19 heavy (non-hydrogen) atoms. The van der Waals surface area contributed by atoms with Crippen molar-refractivity contribution in [3.8, 4) is 0 Å². The van der Waals surface area contributed by atoms with Crippen LogP contribution in [-0.2, 0) is 9.59 Å². The van der Waals surface area contributed by atoms with Gasteiger partial charge in [0.15, 0.2) is 0 Å². The number of anilines is 1. The SMILES string of the molecule is Cc1cc(Br)c(NC(=O)CC(C)(C)C(=O)O)c(Br)c1. The van der Waals surface area contributed by atoms with Gasteiger partial charge < -0.3 is 10.4 Å². The second-order valence-electron chi connectivity index (χ2n) is 5.02. The summed E-state index contributed by atoms with van der Waals surface area (Å²) in [6.07, 6.45) is -0.0882. The average Bonchev–Trinajstić information content (AvgIpc) is 2.22. The number of halogens is 2. The molecule has 1 rings (SSSR count). The zero-order valence-corrected chi connectivity index (χ0v) is 14.1. The van der Waals surface area contributed by atoms with E-state index in [0.717, 1.165) is 14.5 Å². The lowest BCUT2D eigenvalue weighted by atomic mass is 9.89. The van der Waals surface area contributed by atoms with Gasteiger partial charge in [-0.15, -0.1) is 0 Å². The predicted octanol–water partition coefficient (Wildman–Crippen LogP) is 3.96. The highest BCUT2D eigenvalue weighted by Crippen LogP contribution is 2.33. The van der Waals surface area contributed by atoms with Gasteiger partial charge in [-0.3, -0.25) is 9.59 Å². The fraction of sp³-hybridized carbons (Fsp3) is 0.385. The third-order valence-corrected chi connectivity index (χ3v) is 3.88. The molecule has 0 spiro atoms. The highest BCUT2D eigenvalue weighted by atomic mass is 79.9. The normalized spacial score (nSPS) is 11.2. The number of hydrogen-bond acceptors (Lipinski definition) is 2. The number of nitrogens with one attached hydrogen (secondary N) is 1.